The Balaban J connectivity index is 0.00000306. The highest BCUT2D eigenvalue weighted by atomic mass is 35.5. The Morgan fingerprint density at radius 2 is 1.64 bits per heavy atom. The molecule has 0 atom stereocenters. The zero-order valence-corrected chi connectivity index (χ0v) is 19.2. The van der Waals surface area contributed by atoms with Gasteiger partial charge < -0.3 is 10.7 Å². The Bertz CT molecular complexity index is 1280. The number of benzene rings is 2. The number of carbonyl (C=O) groups excluding carboxylic acids is 1. The number of H-pyrrole nitrogens is 1. The van der Waals surface area contributed by atoms with Gasteiger partial charge in [-0.1, -0.05) is 18.2 Å². The predicted octanol–water partition coefficient (Wildman–Crippen LogP) is 5.23. The fourth-order valence-corrected chi connectivity index (χ4v) is 4.62. The van der Waals surface area contributed by atoms with Crippen LogP contribution in [-0.4, -0.2) is 32.0 Å². The molecule has 1 aliphatic heterocycles. The number of aromatic amines is 1. The number of aromatic nitrogens is 2. The molecular weight excluding hydrogens is 457 g/mol. The summed E-state index contributed by atoms with van der Waals surface area (Å²) in [6.45, 7) is 6.73. The van der Waals surface area contributed by atoms with E-state index in [9.17, 15) is 23.2 Å². The highest BCUT2D eigenvalue weighted by Crippen LogP contribution is 2.52. The maximum absolute atomic E-state index is 13.4. The molecule has 0 unspecified atom stereocenters. The van der Waals surface area contributed by atoms with Crippen LogP contribution in [0.5, 0.6) is 0 Å². The minimum atomic E-state index is -4.53. The molecular formula is C23H23ClF3N4O2. The average Bonchev–Trinajstić information content (AvgIpc) is 3.18. The summed E-state index contributed by atoms with van der Waals surface area (Å²) in [4.78, 5) is 19.5. The number of hydrogen-bond donors (Lipinski definition) is 2. The van der Waals surface area contributed by atoms with Crippen LogP contribution in [0.1, 0.15) is 55.0 Å². The fourth-order valence-electron chi connectivity index (χ4n) is 4.62. The van der Waals surface area contributed by atoms with E-state index in [4.69, 9.17) is 5.73 Å². The molecule has 4 rings (SSSR count). The number of carbonyl (C=O) groups is 1. The number of fused-ring (bicyclic) bond motifs is 1. The van der Waals surface area contributed by atoms with Crippen molar-refractivity contribution in [2.45, 2.75) is 44.9 Å². The molecule has 175 valence electrons. The van der Waals surface area contributed by atoms with Crippen LogP contribution in [-0.2, 0) is 11.4 Å². The molecule has 1 radical (unpaired) electrons. The number of hydroxylamine groups is 2. The second-order valence-corrected chi connectivity index (χ2v) is 8.89. The summed E-state index contributed by atoms with van der Waals surface area (Å²) in [5.74, 6) is -0.352. The number of nitrogens with two attached hydrogens (primary N) is 1. The van der Waals surface area contributed by atoms with Crippen LogP contribution < -0.4 is 5.73 Å². The number of nitrogens with zero attached hydrogens (tertiary/aromatic N) is 2. The van der Waals surface area contributed by atoms with E-state index in [1.165, 1.54) is 6.07 Å². The molecule has 0 bridgehead atoms. The number of nitrogens with one attached hydrogen (secondary N) is 1. The molecule has 3 aromatic rings. The minimum absolute atomic E-state index is 0. The van der Waals surface area contributed by atoms with Crippen molar-refractivity contribution < 1.29 is 23.2 Å². The molecule has 0 spiro atoms. The summed E-state index contributed by atoms with van der Waals surface area (Å²) in [6, 6.07) is 9.82. The number of rotatable bonds is 3. The van der Waals surface area contributed by atoms with Gasteiger partial charge >= 0.3 is 6.18 Å². The van der Waals surface area contributed by atoms with Gasteiger partial charge in [0.1, 0.15) is 11.3 Å². The van der Waals surface area contributed by atoms with Gasteiger partial charge in [-0.2, -0.15) is 13.2 Å². The minimum Gasteiger partial charge on any atom is -0.366 e. The second kappa shape index (κ2) is 7.86. The third-order valence-electron chi connectivity index (χ3n) is 5.98. The van der Waals surface area contributed by atoms with E-state index in [1.54, 1.807) is 52.0 Å². The largest absolute Gasteiger partial charge is 0.416 e. The Morgan fingerprint density at radius 1 is 1.03 bits per heavy atom. The van der Waals surface area contributed by atoms with Crippen molar-refractivity contribution in [3.63, 3.8) is 0 Å². The van der Waals surface area contributed by atoms with Gasteiger partial charge in [-0.15, -0.1) is 22.7 Å². The van der Waals surface area contributed by atoms with Gasteiger partial charge in [-0.25, -0.2) is 4.98 Å². The standard InChI is InChI=1S/C23H22F3N4O2.ClH/c1-21(2)16(12-7-5-8-13(11-12)23(24,25)26)17(22(3,4)30(21)32)20-28-15-10-6-9-14(19(27)31)18(15)29-20;/h5-11H,1-4H3,(H2,27,31)(H,28,29);1H. The van der Waals surface area contributed by atoms with Crippen LogP contribution in [0.3, 0.4) is 0 Å². The first-order chi connectivity index (χ1) is 14.8. The van der Waals surface area contributed by atoms with Crippen molar-refractivity contribution in [3.8, 4) is 0 Å². The SMILES string of the molecule is CC1(C)C(c2cccc(C(F)(F)F)c2)=C(c2nc3c(C(N)=O)cccc3[nH]2)C(C)(C)N1[O].Cl. The lowest BCUT2D eigenvalue weighted by Crippen LogP contribution is -2.47. The van der Waals surface area contributed by atoms with Gasteiger partial charge in [-0.3, -0.25) is 4.79 Å². The number of imidazole rings is 1. The Kier molecular flexibility index (Phi) is 5.90. The van der Waals surface area contributed by atoms with Gasteiger partial charge in [0.2, 0.25) is 0 Å². The smallest absolute Gasteiger partial charge is 0.366 e. The van der Waals surface area contributed by atoms with Gasteiger partial charge in [0.05, 0.1) is 27.7 Å². The number of primary amides is 1. The Hall–Kier alpha value is -2.88. The topological polar surface area (TPSA) is 94.9 Å². The number of para-hydroxylation sites is 1. The van der Waals surface area contributed by atoms with Gasteiger partial charge in [-0.05, 0) is 63.1 Å². The summed E-state index contributed by atoms with van der Waals surface area (Å²) in [5, 5.41) is 14.2. The highest BCUT2D eigenvalue weighted by Gasteiger charge is 2.53. The first-order valence-corrected chi connectivity index (χ1v) is 9.95. The van der Waals surface area contributed by atoms with Gasteiger partial charge in [0.25, 0.3) is 5.91 Å². The lowest BCUT2D eigenvalue weighted by Gasteiger charge is -2.34. The van der Waals surface area contributed by atoms with Crippen LogP contribution in [0, 0.1) is 0 Å². The Labute approximate surface area is 194 Å². The number of amides is 1. The summed E-state index contributed by atoms with van der Waals surface area (Å²) in [7, 11) is 0. The zero-order chi connectivity index (χ0) is 23.6. The molecule has 3 N–H and O–H groups in total. The molecule has 1 aliphatic rings. The third kappa shape index (κ3) is 3.80. The van der Waals surface area contributed by atoms with E-state index >= 15 is 0 Å². The highest BCUT2D eigenvalue weighted by molar-refractivity contribution is 6.06. The maximum Gasteiger partial charge on any atom is 0.416 e. The van der Waals surface area contributed by atoms with Crippen molar-refractivity contribution in [2.75, 3.05) is 0 Å². The molecule has 0 saturated carbocycles. The predicted molar refractivity (Wildman–Crippen MR) is 121 cm³/mol. The number of alkyl halides is 3. The summed E-state index contributed by atoms with van der Waals surface area (Å²) in [6.07, 6.45) is -4.53. The third-order valence-corrected chi connectivity index (χ3v) is 5.98. The van der Waals surface area contributed by atoms with Crippen LogP contribution in [0.25, 0.3) is 22.2 Å². The lowest BCUT2D eigenvalue weighted by atomic mass is 9.85. The van der Waals surface area contributed by atoms with E-state index in [0.717, 1.165) is 17.2 Å². The van der Waals surface area contributed by atoms with Crippen molar-refractivity contribution in [3.05, 3.63) is 65.0 Å². The zero-order valence-electron chi connectivity index (χ0n) is 18.4. The first kappa shape index (κ1) is 24.8. The molecule has 1 aromatic heterocycles. The fraction of sp³-hybridized carbons (Fsp3) is 0.304. The summed E-state index contributed by atoms with van der Waals surface area (Å²) >= 11 is 0. The first-order valence-electron chi connectivity index (χ1n) is 9.95. The second-order valence-electron chi connectivity index (χ2n) is 8.89. The normalized spacial score (nSPS) is 17.9. The Morgan fingerprint density at radius 3 is 2.24 bits per heavy atom. The van der Waals surface area contributed by atoms with Crippen molar-refractivity contribution in [1.82, 2.24) is 15.0 Å². The van der Waals surface area contributed by atoms with Crippen molar-refractivity contribution in [2.24, 2.45) is 5.73 Å². The lowest BCUT2D eigenvalue weighted by molar-refractivity contribution is -0.232. The van der Waals surface area contributed by atoms with E-state index in [0.29, 0.717) is 28.0 Å². The van der Waals surface area contributed by atoms with Crippen molar-refractivity contribution in [1.29, 1.82) is 0 Å². The molecule has 6 nitrogen and oxygen atoms in total. The van der Waals surface area contributed by atoms with E-state index in [2.05, 4.69) is 9.97 Å². The molecule has 33 heavy (non-hydrogen) atoms. The van der Waals surface area contributed by atoms with Gasteiger partial charge in [0, 0.05) is 5.57 Å². The molecule has 1 amide bonds. The molecule has 0 aliphatic carbocycles. The monoisotopic (exact) mass is 479 g/mol. The number of halogens is 4. The van der Waals surface area contributed by atoms with Crippen LogP contribution in [0.2, 0.25) is 0 Å². The van der Waals surface area contributed by atoms with E-state index in [-0.39, 0.29) is 23.5 Å². The molecule has 10 heteroatoms. The molecule has 2 aromatic carbocycles. The summed E-state index contributed by atoms with van der Waals surface area (Å²) < 4.78 is 40.2. The maximum atomic E-state index is 13.4. The van der Waals surface area contributed by atoms with Crippen LogP contribution >= 0.6 is 12.4 Å². The van der Waals surface area contributed by atoms with Crippen LogP contribution in [0.4, 0.5) is 13.2 Å². The number of hydrogen-bond acceptors (Lipinski definition) is 3. The quantitative estimate of drug-likeness (QED) is 0.538. The van der Waals surface area contributed by atoms with E-state index < -0.39 is 28.7 Å². The average molecular weight is 480 g/mol. The van der Waals surface area contributed by atoms with Crippen LogP contribution in [0.15, 0.2) is 42.5 Å². The molecule has 0 fully saturated rings. The van der Waals surface area contributed by atoms with Crippen molar-refractivity contribution >= 4 is 40.5 Å². The van der Waals surface area contributed by atoms with E-state index in [1.807, 2.05) is 0 Å². The van der Waals surface area contributed by atoms with Gasteiger partial charge in [0.15, 0.2) is 0 Å². The molecule has 0 saturated heterocycles. The molecule has 2 heterocycles. The summed E-state index contributed by atoms with van der Waals surface area (Å²) in [5.41, 5.74) is 4.65.